The number of carbonyl (C=O) groups excluding carboxylic acids is 2. The van der Waals surface area contributed by atoms with Crippen LogP contribution in [0.25, 0.3) is 0 Å². The fourth-order valence-corrected chi connectivity index (χ4v) is 1.88. The van der Waals surface area contributed by atoms with Crippen molar-refractivity contribution in [3.63, 3.8) is 0 Å². The Balaban J connectivity index is 2.35. The quantitative estimate of drug-likeness (QED) is 0.633. The minimum Gasteiger partial charge on any atom is -0.467 e. The number of hydrogen-bond donors (Lipinski definition) is 2. The molecule has 1 aromatic carbocycles. The summed E-state index contributed by atoms with van der Waals surface area (Å²) >= 11 is 0. The summed E-state index contributed by atoms with van der Waals surface area (Å²) in [6.45, 7) is 0. The van der Waals surface area contributed by atoms with Gasteiger partial charge in [0.1, 0.15) is 6.20 Å². The lowest BCUT2D eigenvalue weighted by Gasteiger charge is -2.18. The Morgan fingerprint density at radius 3 is 2.54 bits per heavy atom. The van der Waals surface area contributed by atoms with Crippen molar-refractivity contribution in [2.75, 3.05) is 7.05 Å². The summed E-state index contributed by atoms with van der Waals surface area (Å²) in [5, 5.41) is 15.4. The highest BCUT2D eigenvalue weighted by molar-refractivity contribution is 5.97. The molecule has 0 aliphatic carbocycles. The summed E-state index contributed by atoms with van der Waals surface area (Å²) in [6, 6.07) is 10.4. The van der Waals surface area contributed by atoms with Crippen LogP contribution in [0, 0.1) is 10.1 Å². The fraction of sp³-hybridized carbons (Fsp3) is 0.133. The molecule has 2 N–H and O–H groups in total. The Hall–Kier alpha value is -3.49. The molecular weight excluding hydrogens is 316 g/mol. The van der Waals surface area contributed by atoms with E-state index in [1.54, 1.807) is 30.3 Å². The number of ether oxygens (including phenoxy) is 1. The van der Waals surface area contributed by atoms with Gasteiger partial charge < -0.3 is 20.2 Å². The lowest BCUT2D eigenvalue weighted by atomic mass is 10.1. The number of pyridine rings is 1. The van der Waals surface area contributed by atoms with Crippen LogP contribution < -0.4 is 15.4 Å². The van der Waals surface area contributed by atoms with Crippen molar-refractivity contribution in [2.24, 2.45) is 0 Å². The molecule has 0 saturated heterocycles. The molecule has 0 spiro atoms. The lowest BCUT2D eigenvalue weighted by Crippen LogP contribution is -2.41. The number of rotatable bonds is 5. The highest BCUT2D eigenvalue weighted by Crippen LogP contribution is 2.28. The van der Waals surface area contributed by atoms with E-state index < -0.39 is 28.8 Å². The highest BCUT2D eigenvalue weighted by atomic mass is 16.6. The first-order valence-corrected chi connectivity index (χ1v) is 6.86. The summed E-state index contributed by atoms with van der Waals surface area (Å²) < 4.78 is 5.50. The van der Waals surface area contributed by atoms with Crippen LogP contribution in [0.3, 0.4) is 0 Å². The first-order chi connectivity index (χ1) is 11.5. The molecule has 9 nitrogen and oxygen atoms in total. The van der Waals surface area contributed by atoms with Gasteiger partial charge in [0.25, 0.3) is 5.91 Å². The van der Waals surface area contributed by atoms with Crippen LogP contribution in [0.5, 0.6) is 5.75 Å². The maximum atomic E-state index is 12.3. The van der Waals surface area contributed by atoms with Gasteiger partial charge in [-0.3, -0.25) is 10.1 Å². The van der Waals surface area contributed by atoms with E-state index in [1.165, 1.54) is 25.4 Å². The molecule has 0 bridgehead atoms. The smallest absolute Gasteiger partial charge is 0.406 e. The van der Waals surface area contributed by atoms with Gasteiger partial charge in [-0.05, 0) is 22.0 Å². The zero-order valence-electron chi connectivity index (χ0n) is 12.6. The molecule has 0 aliphatic heterocycles. The number of nitrogens with zero attached hydrogens (tertiary/aromatic N) is 2. The zero-order chi connectivity index (χ0) is 17.5. The van der Waals surface area contributed by atoms with Gasteiger partial charge in [-0.1, -0.05) is 30.3 Å². The molecule has 0 fully saturated rings. The van der Waals surface area contributed by atoms with Crippen LogP contribution in [0.2, 0.25) is 0 Å². The minimum absolute atomic E-state index is 0.177. The molecule has 9 heteroatoms. The van der Waals surface area contributed by atoms with E-state index in [0.29, 0.717) is 5.56 Å². The maximum Gasteiger partial charge on any atom is 0.406 e. The zero-order valence-corrected chi connectivity index (χ0v) is 12.6. The maximum absolute atomic E-state index is 12.3. The van der Waals surface area contributed by atoms with Gasteiger partial charge in [-0.15, -0.1) is 0 Å². The van der Waals surface area contributed by atoms with Crippen molar-refractivity contribution < 1.29 is 19.2 Å². The van der Waals surface area contributed by atoms with E-state index >= 15 is 0 Å². The van der Waals surface area contributed by atoms with Crippen molar-refractivity contribution in [2.45, 2.75) is 6.10 Å². The molecule has 0 saturated carbocycles. The van der Waals surface area contributed by atoms with Crippen molar-refractivity contribution in [1.29, 1.82) is 0 Å². The Labute approximate surface area is 136 Å². The highest BCUT2D eigenvalue weighted by Gasteiger charge is 2.27. The third kappa shape index (κ3) is 4.03. The average Bonchev–Trinajstić information content (AvgIpc) is 2.60. The van der Waals surface area contributed by atoms with Gasteiger partial charge in [-0.25, -0.2) is 4.79 Å². The summed E-state index contributed by atoms with van der Waals surface area (Å²) in [4.78, 5) is 37.6. The topological polar surface area (TPSA) is 123 Å². The normalized spacial score (nSPS) is 11.2. The second kappa shape index (κ2) is 7.68. The van der Waals surface area contributed by atoms with Crippen LogP contribution in [0.4, 0.5) is 10.6 Å². The van der Waals surface area contributed by atoms with Gasteiger partial charge in [-0.2, -0.15) is 0 Å². The molecule has 0 radical (unpaired) electrons. The van der Waals surface area contributed by atoms with Crippen LogP contribution >= 0.6 is 0 Å². The van der Waals surface area contributed by atoms with Gasteiger partial charge in [0.2, 0.25) is 11.9 Å². The van der Waals surface area contributed by atoms with Crippen LogP contribution in [-0.4, -0.2) is 28.9 Å². The van der Waals surface area contributed by atoms with Crippen LogP contribution in [0.15, 0.2) is 48.7 Å². The molecule has 0 aliphatic rings. The molecule has 3 amide bonds. The molecule has 1 aromatic heterocycles. The molecule has 2 aromatic rings. The SMILES string of the molecule is CNC(=O)NC(=O)C(Oc1cccnc1[N+](=O)[O-])c1ccccc1. The van der Waals surface area contributed by atoms with E-state index in [0.717, 1.165) is 0 Å². The first kappa shape index (κ1) is 16.9. The van der Waals surface area contributed by atoms with Gasteiger partial charge in [0.05, 0.1) is 0 Å². The van der Waals surface area contributed by atoms with Crippen molar-refractivity contribution in [3.05, 3.63) is 64.3 Å². The van der Waals surface area contributed by atoms with Crippen molar-refractivity contribution in [3.8, 4) is 5.75 Å². The molecule has 2 rings (SSSR count). The molecular formula is C15H14N4O5. The minimum atomic E-state index is -1.26. The van der Waals surface area contributed by atoms with Gasteiger partial charge >= 0.3 is 11.8 Å². The second-order valence-corrected chi connectivity index (χ2v) is 4.56. The van der Waals surface area contributed by atoms with Gasteiger partial charge in [0, 0.05) is 12.6 Å². The Morgan fingerprint density at radius 1 is 1.21 bits per heavy atom. The summed E-state index contributed by atoms with van der Waals surface area (Å²) in [6.07, 6.45) is -0.0148. The number of nitrogens with one attached hydrogen (secondary N) is 2. The molecule has 24 heavy (non-hydrogen) atoms. The molecule has 1 heterocycles. The van der Waals surface area contributed by atoms with Crippen molar-refractivity contribution >= 4 is 17.8 Å². The first-order valence-electron chi connectivity index (χ1n) is 6.86. The van der Waals surface area contributed by atoms with Gasteiger partial charge in [0.15, 0.2) is 0 Å². The van der Waals surface area contributed by atoms with E-state index in [1.807, 2.05) is 0 Å². The Bertz CT molecular complexity index is 751. The summed E-state index contributed by atoms with van der Waals surface area (Å²) in [5.74, 6) is -1.46. The monoisotopic (exact) mass is 330 g/mol. The van der Waals surface area contributed by atoms with Crippen LogP contribution in [-0.2, 0) is 4.79 Å². The van der Waals surface area contributed by atoms with Crippen LogP contribution in [0.1, 0.15) is 11.7 Å². The number of urea groups is 1. The van der Waals surface area contributed by atoms with E-state index in [9.17, 15) is 19.7 Å². The van der Waals surface area contributed by atoms with E-state index in [2.05, 4.69) is 15.6 Å². The largest absolute Gasteiger partial charge is 0.467 e. The van der Waals surface area contributed by atoms with E-state index in [4.69, 9.17) is 4.74 Å². The standard InChI is InChI=1S/C15H14N4O5/c1-16-15(21)18-14(20)12(10-6-3-2-4-7-10)24-11-8-5-9-17-13(11)19(22)23/h2-9,12H,1H3,(H2,16,18,20,21). The molecule has 1 atom stereocenters. The average molecular weight is 330 g/mol. The number of benzene rings is 1. The fourth-order valence-electron chi connectivity index (χ4n) is 1.88. The van der Waals surface area contributed by atoms with Crippen molar-refractivity contribution in [1.82, 2.24) is 15.6 Å². The predicted octanol–water partition coefficient (Wildman–Crippen LogP) is 1.57. The summed E-state index contributed by atoms with van der Waals surface area (Å²) in [5.41, 5.74) is 0.428. The molecule has 1 unspecified atom stereocenters. The lowest BCUT2D eigenvalue weighted by molar-refractivity contribution is -0.390. The third-order valence-electron chi connectivity index (χ3n) is 2.97. The third-order valence-corrected chi connectivity index (χ3v) is 2.97. The number of carbonyl (C=O) groups is 2. The predicted molar refractivity (Wildman–Crippen MR) is 83.3 cm³/mol. The van der Waals surface area contributed by atoms with E-state index in [-0.39, 0.29) is 5.75 Å². The Morgan fingerprint density at radius 2 is 1.92 bits per heavy atom. The number of aromatic nitrogens is 1. The summed E-state index contributed by atoms with van der Waals surface area (Å²) in [7, 11) is 1.35. The molecule has 124 valence electrons. The second-order valence-electron chi connectivity index (χ2n) is 4.56. The number of amides is 3. The Kier molecular flexibility index (Phi) is 5.40. The number of hydrogen-bond acceptors (Lipinski definition) is 6. The number of nitro groups is 1. The number of imide groups is 1.